The molecule has 0 aliphatic rings. The number of thiophene rings is 1. The van der Waals surface area contributed by atoms with Crippen molar-refractivity contribution >= 4 is 60.2 Å². The summed E-state index contributed by atoms with van der Waals surface area (Å²) in [7, 11) is 3.72. The van der Waals surface area contributed by atoms with Crippen LogP contribution >= 0.6 is 43.1 Å². The molecule has 2 rings (SSSR count). The lowest BCUT2D eigenvalue weighted by molar-refractivity contribution is -0.108. The van der Waals surface area contributed by atoms with Crippen LogP contribution in [0.4, 0.5) is 5.69 Å². The fraction of sp³-hybridized carbons (Fsp3) is 0.333. The summed E-state index contributed by atoms with van der Waals surface area (Å²) >= 11 is 13.3. The Labute approximate surface area is 212 Å². The maximum Gasteiger partial charge on any atom is 0.257 e. The molecule has 1 aromatic heterocycles. The summed E-state index contributed by atoms with van der Waals surface area (Å²) in [5.74, 6) is 0.168. The van der Waals surface area contributed by atoms with Crippen molar-refractivity contribution in [3.8, 4) is 0 Å². The standard InChI is InChI=1S/C24H30Cl2N3O2PS/c1-8-24(4,5)32-23(31)20(15(2)27-22(30)18-14-19(25)33-21(18)26)29(16(3)28(6)7)17-12-10-9-11-13-17/h9-14,32H,3,8H2,1-2,4-7H3,(H,27,30)/b20-15+. The number of halogens is 2. The van der Waals surface area contributed by atoms with Gasteiger partial charge in [0, 0.05) is 25.5 Å². The SMILES string of the molecule is C=C(N(C)C)N(/C(C(=O)PC(C)(C)CC)=C(\C)NC(=O)c1cc(Cl)sc1Cl)c1ccccc1. The van der Waals surface area contributed by atoms with Crippen LogP contribution in [0.2, 0.25) is 8.67 Å². The lowest BCUT2D eigenvalue weighted by atomic mass is 10.1. The largest absolute Gasteiger partial charge is 0.364 e. The van der Waals surface area contributed by atoms with Gasteiger partial charge in [0.2, 0.25) is 0 Å². The number of allylic oxidation sites excluding steroid dienone is 2. The Bertz CT molecular complexity index is 1060. The monoisotopic (exact) mass is 525 g/mol. The third-order valence-electron chi connectivity index (χ3n) is 5.12. The maximum absolute atomic E-state index is 13.7. The van der Waals surface area contributed by atoms with Gasteiger partial charge in [0.05, 0.1) is 9.90 Å². The Balaban J connectivity index is 2.64. The Morgan fingerprint density at radius 2 is 1.79 bits per heavy atom. The minimum Gasteiger partial charge on any atom is -0.364 e. The van der Waals surface area contributed by atoms with Crippen molar-refractivity contribution in [2.45, 2.75) is 39.3 Å². The summed E-state index contributed by atoms with van der Waals surface area (Å²) in [4.78, 5) is 30.3. The highest BCUT2D eigenvalue weighted by Crippen LogP contribution is 2.40. The second kappa shape index (κ2) is 11.5. The summed E-state index contributed by atoms with van der Waals surface area (Å²) in [6.07, 6.45) is 0.846. The van der Waals surface area contributed by atoms with E-state index in [9.17, 15) is 9.59 Å². The second-order valence-corrected chi connectivity index (χ2v) is 12.7. The van der Waals surface area contributed by atoms with E-state index < -0.39 is 5.91 Å². The first-order valence-electron chi connectivity index (χ1n) is 10.4. The third-order valence-corrected chi connectivity index (χ3v) is 8.10. The first-order chi connectivity index (χ1) is 15.4. The van der Waals surface area contributed by atoms with Crippen molar-refractivity contribution in [1.82, 2.24) is 10.2 Å². The summed E-state index contributed by atoms with van der Waals surface area (Å²) < 4.78 is 0.714. The van der Waals surface area contributed by atoms with E-state index in [1.165, 1.54) is 6.07 Å². The fourth-order valence-corrected chi connectivity index (χ4v) is 5.54. The molecule has 178 valence electrons. The van der Waals surface area contributed by atoms with Gasteiger partial charge < -0.3 is 10.2 Å². The van der Waals surface area contributed by atoms with Gasteiger partial charge >= 0.3 is 0 Å². The maximum atomic E-state index is 13.7. The number of nitrogens with one attached hydrogen (secondary N) is 1. The van der Waals surface area contributed by atoms with E-state index in [0.717, 1.165) is 23.4 Å². The molecule has 1 aromatic carbocycles. The fourth-order valence-electron chi connectivity index (χ4n) is 2.87. The Kier molecular flexibility index (Phi) is 9.57. The van der Waals surface area contributed by atoms with Crippen LogP contribution in [0.1, 0.15) is 44.5 Å². The number of hydrogen-bond donors (Lipinski definition) is 1. The molecule has 1 N–H and O–H groups in total. The summed E-state index contributed by atoms with van der Waals surface area (Å²) in [6, 6.07) is 11.0. The average molecular weight is 526 g/mol. The van der Waals surface area contributed by atoms with Crippen LogP contribution in [0.15, 0.2) is 60.2 Å². The normalized spacial score (nSPS) is 12.5. The van der Waals surface area contributed by atoms with Crippen molar-refractivity contribution < 1.29 is 9.59 Å². The molecule has 1 amide bonds. The third kappa shape index (κ3) is 7.07. The van der Waals surface area contributed by atoms with Crippen molar-refractivity contribution in [3.63, 3.8) is 0 Å². The average Bonchev–Trinajstić information content (AvgIpc) is 3.09. The van der Waals surface area contributed by atoms with E-state index >= 15 is 0 Å². The highest BCUT2D eigenvalue weighted by molar-refractivity contribution is 7.60. The van der Waals surface area contributed by atoms with Crippen molar-refractivity contribution in [2.24, 2.45) is 0 Å². The first kappa shape index (κ1) is 27.4. The molecule has 0 aliphatic heterocycles. The molecule has 0 saturated heterocycles. The summed E-state index contributed by atoms with van der Waals surface area (Å²) in [5, 5.41) is 2.68. The number of anilines is 1. The van der Waals surface area contributed by atoms with Gasteiger partial charge in [-0.2, -0.15) is 0 Å². The second-order valence-electron chi connectivity index (χ2n) is 8.34. The Morgan fingerprint density at radius 3 is 2.27 bits per heavy atom. The number of benzene rings is 1. The predicted octanol–water partition coefficient (Wildman–Crippen LogP) is 6.95. The minimum atomic E-state index is -0.424. The molecule has 0 bridgehead atoms. The van der Waals surface area contributed by atoms with Gasteiger partial charge in [0.25, 0.3) is 5.91 Å². The number of rotatable bonds is 10. The Hall–Kier alpha value is -1.85. The molecule has 1 unspecified atom stereocenters. The van der Waals surface area contributed by atoms with Crippen molar-refractivity contribution in [3.05, 3.63) is 74.4 Å². The van der Waals surface area contributed by atoms with Crippen LogP contribution in [0.3, 0.4) is 0 Å². The zero-order chi connectivity index (χ0) is 24.9. The lowest BCUT2D eigenvalue weighted by Gasteiger charge is -2.34. The summed E-state index contributed by atoms with van der Waals surface area (Å²) in [6.45, 7) is 12.1. The van der Waals surface area contributed by atoms with Crippen molar-refractivity contribution in [1.29, 1.82) is 0 Å². The molecule has 1 atom stereocenters. The molecule has 5 nitrogen and oxygen atoms in total. The van der Waals surface area contributed by atoms with Gasteiger partial charge in [-0.15, -0.1) is 11.3 Å². The molecule has 0 aliphatic carbocycles. The minimum absolute atomic E-state index is 0.000190. The number of amides is 1. The van der Waals surface area contributed by atoms with Crippen molar-refractivity contribution in [2.75, 3.05) is 19.0 Å². The van der Waals surface area contributed by atoms with Gasteiger partial charge in [0.15, 0.2) is 5.52 Å². The number of nitrogens with zero attached hydrogens (tertiary/aromatic N) is 2. The molecule has 0 saturated carbocycles. The molecule has 0 spiro atoms. The predicted molar refractivity (Wildman–Crippen MR) is 144 cm³/mol. The highest BCUT2D eigenvalue weighted by Gasteiger charge is 2.30. The number of carbonyl (C=O) groups excluding carboxylic acids is 2. The van der Waals surface area contributed by atoms with E-state index in [-0.39, 0.29) is 24.8 Å². The molecule has 33 heavy (non-hydrogen) atoms. The number of carbonyl (C=O) groups is 2. The molecular formula is C24H30Cl2N3O2PS. The van der Waals surface area contributed by atoms with E-state index in [1.54, 1.807) is 11.8 Å². The van der Waals surface area contributed by atoms with Crippen LogP contribution in [0.25, 0.3) is 0 Å². The smallest absolute Gasteiger partial charge is 0.257 e. The molecule has 1 heterocycles. The van der Waals surface area contributed by atoms with Gasteiger partial charge in [-0.25, -0.2) is 0 Å². The molecular weight excluding hydrogens is 496 g/mol. The van der Waals surface area contributed by atoms with E-state index in [1.807, 2.05) is 49.3 Å². The van der Waals surface area contributed by atoms with Crippen LogP contribution < -0.4 is 10.2 Å². The summed E-state index contributed by atoms with van der Waals surface area (Å²) in [5.41, 5.74) is 1.75. The lowest BCUT2D eigenvalue weighted by Crippen LogP contribution is -2.36. The van der Waals surface area contributed by atoms with Crippen LogP contribution in [-0.2, 0) is 4.79 Å². The van der Waals surface area contributed by atoms with Gasteiger partial charge in [-0.1, -0.05) is 68.8 Å². The highest BCUT2D eigenvalue weighted by atomic mass is 35.5. The van der Waals surface area contributed by atoms with Crippen LogP contribution in [-0.4, -0.2) is 35.6 Å². The topological polar surface area (TPSA) is 52.6 Å². The molecule has 0 radical (unpaired) electrons. The molecule has 9 heteroatoms. The van der Waals surface area contributed by atoms with E-state index in [4.69, 9.17) is 23.2 Å². The Morgan fingerprint density at radius 1 is 1.18 bits per heavy atom. The first-order valence-corrected chi connectivity index (χ1v) is 13.0. The van der Waals surface area contributed by atoms with E-state index in [2.05, 4.69) is 32.7 Å². The number of hydrogen-bond acceptors (Lipinski definition) is 5. The van der Waals surface area contributed by atoms with Gasteiger partial charge in [-0.05, 0) is 45.3 Å². The molecule has 0 fully saturated rings. The zero-order valence-corrected chi connectivity index (χ0v) is 23.1. The zero-order valence-electron chi connectivity index (χ0n) is 19.8. The van der Waals surface area contributed by atoms with Gasteiger partial charge in [0.1, 0.15) is 15.9 Å². The van der Waals surface area contributed by atoms with Crippen LogP contribution in [0, 0.1) is 0 Å². The van der Waals surface area contributed by atoms with Gasteiger partial charge in [-0.3, -0.25) is 14.5 Å². The quantitative estimate of drug-likeness (QED) is 0.269. The van der Waals surface area contributed by atoms with E-state index in [0.29, 0.717) is 25.9 Å². The molecule has 2 aromatic rings. The number of para-hydroxylation sites is 1. The van der Waals surface area contributed by atoms with Crippen LogP contribution in [0.5, 0.6) is 0 Å².